The van der Waals surface area contributed by atoms with E-state index in [0.717, 1.165) is 6.21 Å². The zero-order valence-electron chi connectivity index (χ0n) is 14.0. The molecule has 0 spiro atoms. The SMILES string of the molecule is COc1ccc([C@]2(C)NC(=O)N(/N=C\c3c(F)cccc3Cl)C2=O)cc1. The summed E-state index contributed by atoms with van der Waals surface area (Å²) in [5.74, 6) is -0.569. The van der Waals surface area contributed by atoms with Crippen molar-refractivity contribution in [2.75, 3.05) is 7.11 Å². The van der Waals surface area contributed by atoms with E-state index in [1.165, 1.54) is 25.3 Å². The van der Waals surface area contributed by atoms with E-state index in [2.05, 4.69) is 10.4 Å². The van der Waals surface area contributed by atoms with Crippen LogP contribution in [-0.4, -0.2) is 30.3 Å². The van der Waals surface area contributed by atoms with E-state index in [-0.39, 0.29) is 10.6 Å². The van der Waals surface area contributed by atoms with Gasteiger partial charge in [-0.25, -0.2) is 9.18 Å². The minimum absolute atomic E-state index is 0.00665. The highest BCUT2D eigenvalue weighted by atomic mass is 35.5. The van der Waals surface area contributed by atoms with Crippen LogP contribution >= 0.6 is 11.6 Å². The third-order valence-electron chi connectivity index (χ3n) is 4.14. The van der Waals surface area contributed by atoms with Gasteiger partial charge >= 0.3 is 6.03 Å². The molecule has 1 aliphatic rings. The Morgan fingerprint density at radius 2 is 1.92 bits per heavy atom. The van der Waals surface area contributed by atoms with Crippen molar-refractivity contribution in [1.82, 2.24) is 10.3 Å². The van der Waals surface area contributed by atoms with Crippen molar-refractivity contribution in [2.45, 2.75) is 12.5 Å². The molecule has 3 rings (SSSR count). The van der Waals surface area contributed by atoms with E-state index in [4.69, 9.17) is 16.3 Å². The van der Waals surface area contributed by atoms with Gasteiger partial charge in [0.05, 0.1) is 18.3 Å². The standard InChI is InChI=1S/C18H15ClFN3O3/c1-18(11-6-8-12(26-2)9-7-11)16(24)23(17(25)22-18)21-10-13-14(19)4-3-5-15(13)20/h3-10H,1-2H3,(H,22,25)/b21-10-/t18-/m0/s1. The molecule has 2 aromatic rings. The summed E-state index contributed by atoms with van der Waals surface area (Å²) in [6.45, 7) is 1.57. The molecule has 1 fully saturated rings. The molecule has 0 unspecified atom stereocenters. The second-order valence-corrected chi connectivity index (χ2v) is 6.19. The van der Waals surface area contributed by atoms with Gasteiger partial charge in [0, 0.05) is 5.56 Å². The summed E-state index contributed by atoms with van der Waals surface area (Å²) in [6.07, 6.45) is 1.05. The van der Waals surface area contributed by atoms with Crippen LogP contribution in [0.15, 0.2) is 47.6 Å². The fraction of sp³-hybridized carbons (Fsp3) is 0.167. The van der Waals surface area contributed by atoms with Crippen LogP contribution in [0.3, 0.4) is 0 Å². The molecule has 26 heavy (non-hydrogen) atoms. The molecule has 1 N–H and O–H groups in total. The van der Waals surface area contributed by atoms with Crippen LogP contribution in [0.25, 0.3) is 0 Å². The minimum atomic E-state index is -1.29. The number of urea groups is 1. The average molecular weight is 376 g/mol. The van der Waals surface area contributed by atoms with Gasteiger partial charge in [-0.3, -0.25) is 4.79 Å². The number of ether oxygens (including phenoxy) is 1. The topological polar surface area (TPSA) is 71.0 Å². The van der Waals surface area contributed by atoms with Crippen LogP contribution in [0.2, 0.25) is 5.02 Å². The molecule has 1 aliphatic heterocycles. The molecule has 8 heteroatoms. The summed E-state index contributed by atoms with van der Waals surface area (Å²) in [5, 5.41) is 7.22. The zero-order chi connectivity index (χ0) is 18.9. The zero-order valence-corrected chi connectivity index (χ0v) is 14.7. The van der Waals surface area contributed by atoms with Crippen LogP contribution in [0.4, 0.5) is 9.18 Å². The van der Waals surface area contributed by atoms with Gasteiger partial charge in [0.25, 0.3) is 5.91 Å². The Labute approximate surface area is 154 Å². The van der Waals surface area contributed by atoms with Gasteiger partial charge in [0.2, 0.25) is 0 Å². The molecule has 1 saturated heterocycles. The Bertz CT molecular complexity index is 881. The first-order chi connectivity index (χ1) is 12.4. The third-order valence-corrected chi connectivity index (χ3v) is 4.47. The smallest absolute Gasteiger partial charge is 0.346 e. The average Bonchev–Trinajstić information content (AvgIpc) is 2.85. The largest absolute Gasteiger partial charge is 0.497 e. The molecule has 2 aromatic carbocycles. The van der Waals surface area contributed by atoms with Crippen molar-refractivity contribution in [2.24, 2.45) is 5.10 Å². The lowest BCUT2D eigenvalue weighted by atomic mass is 9.92. The molecule has 0 radical (unpaired) electrons. The van der Waals surface area contributed by atoms with E-state index >= 15 is 0 Å². The molecule has 134 valence electrons. The van der Waals surface area contributed by atoms with Crippen molar-refractivity contribution in [3.05, 3.63) is 64.4 Å². The molecular weight excluding hydrogens is 361 g/mol. The van der Waals surface area contributed by atoms with Gasteiger partial charge in [0.1, 0.15) is 17.1 Å². The number of halogens is 2. The number of nitrogens with one attached hydrogen (secondary N) is 1. The quantitative estimate of drug-likeness (QED) is 0.658. The first-order valence-corrected chi connectivity index (χ1v) is 8.04. The number of carbonyl (C=O) groups is 2. The number of hydrazone groups is 1. The second-order valence-electron chi connectivity index (χ2n) is 5.78. The van der Waals surface area contributed by atoms with E-state index < -0.39 is 23.3 Å². The monoisotopic (exact) mass is 375 g/mol. The first-order valence-electron chi connectivity index (χ1n) is 7.66. The highest BCUT2D eigenvalue weighted by molar-refractivity contribution is 6.33. The molecule has 3 amide bonds. The van der Waals surface area contributed by atoms with Gasteiger partial charge in [-0.2, -0.15) is 5.10 Å². The lowest BCUT2D eigenvalue weighted by Crippen LogP contribution is -2.40. The highest BCUT2D eigenvalue weighted by Crippen LogP contribution is 2.30. The maximum atomic E-state index is 13.8. The second kappa shape index (κ2) is 6.76. The Morgan fingerprint density at radius 3 is 2.54 bits per heavy atom. The number of amides is 3. The Balaban J connectivity index is 1.90. The van der Waals surface area contributed by atoms with E-state index in [1.54, 1.807) is 31.2 Å². The molecule has 1 atom stereocenters. The highest BCUT2D eigenvalue weighted by Gasteiger charge is 2.49. The number of hydrogen-bond acceptors (Lipinski definition) is 4. The number of imide groups is 1. The van der Waals surface area contributed by atoms with Crippen LogP contribution < -0.4 is 10.1 Å². The first kappa shape index (κ1) is 17.9. The Kier molecular flexibility index (Phi) is 4.65. The summed E-state index contributed by atoms with van der Waals surface area (Å²) in [7, 11) is 1.53. The fourth-order valence-electron chi connectivity index (χ4n) is 2.60. The number of carbonyl (C=O) groups excluding carboxylic acids is 2. The Hall–Kier alpha value is -2.93. The summed E-state index contributed by atoms with van der Waals surface area (Å²) >= 11 is 5.92. The fourth-order valence-corrected chi connectivity index (χ4v) is 2.81. The van der Waals surface area contributed by atoms with Crippen LogP contribution in [0.5, 0.6) is 5.75 Å². The molecule has 0 bridgehead atoms. The van der Waals surface area contributed by atoms with Gasteiger partial charge in [-0.1, -0.05) is 29.8 Å². The Morgan fingerprint density at radius 1 is 1.23 bits per heavy atom. The summed E-state index contributed by atoms with van der Waals surface area (Å²) < 4.78 is 18.9. The summed E-state index contributed by atoms with van der Waals surface area (Å²) in [6, 6.07) is 10.2. The normalized spacial score (nSPS) is 19.9. The minimum Gasteiger partial charge on any atom is -0.497 e. The van der Waals surface area contributed by atoms with Gasteiger partial charge in [-0.15, -0.1) is 5.01 Å². The van der Waals surface area contributed by atoms with Crippen molar-refractivity contribution in [1.29, 1.82) is 0 Å². The van der Waals surface area contributed by atoms with Crippen LogP contribution in [0.1, 0.15) is 18.1 Å². The predicted octanol–water partition coefficient (Wildman–Crippen LogP) is 3.29. The lowest BCUT2D eigenvalue weighted by molar-refractivity contribution is -0.131. The summed E-state index contributed by atoms with van der Waals surface area (Å²) in [4.78, 5) is 25.0. The maximum Gasteiger partial charge on any atom is 0.346 e. The number of methoxy groups -OCH3 is 1. The molecule has 6 nitrogen and oxygen atoms in total. The van der Waals surface area contributed by atoms with E-state index in [9.17, 15) is 14.0 Å². The number of benzene rings is 2. The predicted molar refractivity (Wildman–Crippen MR) is 94.7 cm³/mol. The van der Waals surface area contributed by atoms with Gasteiger partial charge in [0.15, 0.2) is 0 Å². The molecular formula is C18H15ClFN3O3. The van der Waals surface area contributed by atoms with E-state index in [0.29, 0.717) is 16.3 Å². The number of hydrogen-bond donors (Lipinski definition) is 1. The molecule has 1 heterocycles. The van der Waals surface area contributed by atoms with E-state index in [1.807, 2.05) is 0 Å². The van der Waals surface area contributed by atoms with Crippen molar-refractivity contribution in [3.63, 3.8) is 0 Å². The summed E-state index contributed by atoms with van der Waals surface area (Å²) in [5.41, 5.74) is -0.731. The molecule has 0 aromatic heterocycles. The van der Waals surface area contributed by atoms with Gasteiger partial charge < -0.3 is 10.1 Å². The molecule has 0 saturated carbocycles. The van der Waals surface area contributed by atoms with Crippen LogP contribution in [0, 0.1) is 5.82 Å². The number of rotatable bonds is 4. The van der Waals surface area contributed by atoms with Crippen molar-refractivity contribution < 1.29 is 18.7 Å². The van der Waals surface area contributed by atoms with Crippen molar-refractivity contribution in [3.8, 4) is 5.75 Å². The maximum absolute atomic E-state index is 13.8. The van der Waals surface area contributed by atoms with Gasteiger partial charge in [-0.05, 0) is 36.8 Å². The molecule has 0 aliphatic carbocycles. The lowest BCUT2D eigenvalue weighted by Gasteiger charge is -2.21. The third kappa shape index (κ3) is 3.01. The van der Waals surface area contributed by atoms with Crippen molar-refractivity contribution >= 4 is 29.8 Å². The van der Waals surface area contributed by atoms with Crippen LogP contribution in [-0.2, 0) is 10.3 Å². The number of nitrogens with zero attached hydrogens (tertiary/aromatic N) is 2.